The van der Waals surface area contributed by atoms with Crippen LogP contribution < -0.4 is 4.90 Å². The lowest BCUT2D eigenvalue weighted by Crippen LogP contribution is -2.10. The van der Waals surface area contributed by atoms with E-state index >= 15 is 0 Å². The highest BCUT2D eigenvalue weighted by Gasteiger charge is 2.19. The smallest absolute Gasteiger partial charge is 0.0541 e. The molecule has 0 saturated heterocycles. The zero-order valence-corrected chi connectivity index (χ0v) is 29.7. The number of benzene rings is 9. The van der Waals surface area contributed by atoms with Gasteiger partial charge >= 0.3 is 0 Å². The van der Waals surface area contributed by atoms with E-state index in [1.54, 1.807) is 0 Å². The Labute approximate surface area is 315 Å². The van der Waals surface area contributed by atoms with Gasteiger partial charge in [0.25, 0.3) is 0 Å². The van der Waals surface area contributed by atoms with E-state index in [4.69, 9.17) is 0 Å². The monoisotopic (exact) mass is 688 g/mol. The Balaban J connectivity index is 1.14. The van der Waals surface area contributed by atoms with E-state index in [2.05, 4.69) is 228 Å². The van der Waals surface area contributed by atoms with E-state index in [1.165, 1.54) is 66.0 Å². The highest BCUT2D eigenvalue weighted by atomic mass is 15.1. The van der Waals surface area contributed by atoms with Crippen LogP contribution in [0.5, 0.6) is 0 Å². The molecule has 0 aliphatic carbocycles. The predicted octanol–water partition coefficient (Wildman–Crippen LogP) is 14.4. The van der Waals surface area contributed by atoms with Crippen molar-refractivity contribution in [3.05, 3.63) is 218 Å². The van der Waals surface area contributed by atoms with Crippen LogP contribution in [-0.4, -0.2) is 4.57 Å². The number of fused-ring (bicyclic) bond motifs is 4. The molecule has 2 nitrogen and oxygen atoms in total. The minimum Gasteiger partial charge on any atom is -0.310 e. The fourth-order valence-electron chi connectivity index (χ4n) is 8.02. The van der Waals surface area contributed by atoms with Crippen molar-refractivity contribution >= 4 is 49.6 Å². The van der Waals surface area contributed by atoms with E-state index in [9.17, 15) is 0 Å². The van der Waals surface area contributed by atoms with Crippen molar-refractivity contribution in [2.24, 2.45) is 0 Å². The SMILES string of the molecule is c1ccc(-c2ccc(N(c3ccccc3)c3ccc(-c4ccc5c(c4)c4cc(-c6ccccc6)ccc4n5-c4ccccc4)c4ccccc34)cc2)cc1. The van der Waals surface area contributed by atoms with Crippen molar-refractivity contribution in [3.8, 4) is 39.1 Å². The second kappa shape index (κ2) is 13.4. The van der Waals surface area contributed by atoms with Crippen LogP contribution in [0.25, 0.3) is 71.6 Å². The second-order valence-electron chi connectivity index (χ2n) is 13.8. The Kier molecular flexibility index (Phi) is 7.85. The maximum absolute atomic E-state index is 2.39. The highest BCUT2D eigenvalue weighted by Crippen LogP contribution is 2.44. The molecule has 0 amide bonds. The minimum absolute atomic E-state index is 1.11. The lowest BCUT2D eigenvalue weighted by atomic mass is 9.95. The molecule has 0 aliphatic rings. The standard InChI is InChI=1S/C52H36N2/c1-5-15-37(16-6-1)39-25-29-44(30-26-39)53(42-19-9-3-10-20-42)50-34-31-45(46-23-13-14-24-47(46)50)41-28-33-52-49(36-41)48-35-40(38-17-7-2-8-18-38)27-32-51(48)54(52)43-21-11-4-12-22-43/h1-36H. The Morgan fingerprint density at radius 3 is 1.41 bits per heavy atom. The molecule has 0 bridgehead atoms. The van der Waals surface area contributed by atoms with E-state index in [-0.39, 0.29) is 0 Å². The molecule has 1 heterocycles. The zero-order chi connectivity index (χ0) is 35.8. The van der Waals surface area contributed by atoms with Crippen LogP contribution in [0.3, 0.4) is 0 Å². The van der Waals surface area contributed by atoms with Gasteiger partial charge in [-0.15, -0.1) is 0 Å². The number of hydrogen-bond donors (Lipinski definition) is 0. The molecular weight excluding hydrogens is 653 g/mol. The van der Waals surface area contributed by atoms with Gasteiger partial charge < -0.3 is 9.47 Å². The summed E-state index contributed by atoms with van der Waals surface area (Å²) in [5.74, 6) is 0. The molecule has 1 aromatic heterocycles. The van der Waals surface area contributed by atoms with Gasteiger partial charge in [0.1, 0.15) is 0 Å². The van der Waals surface area contributed by atoms with Gasteiger partial charge in [0, 0.05) is 33.2 Å². The summed E-state index contributed by atoms with van der Waals surface area (Å²) >= 11 is 0. The van der Waals surface area contributed by atoms with E-state index < -0.39 is 0 Å². The van der Waals surface area contributed by atoms with Crippen molar-refractivity contribution in [3.63, 3.8) is 0 Å². The summed E-state index contributed by atoms with van der Waals surface area (Å²) in [5.41, 5.74) is 14.2. The normalized spacial score (nSPS) is 11.3. The van der Waals surface area contributed by atoms with Gasteiger partial charge in [0.15, 0.2) is 0 Å². The maximum atomic E-state index is 2.39. The zero-order valence-electron chi connectivity index (χ0n) is 29.7. The summed E-state index contributed by atoms with van der Waals surface area (Å²) in [7, 11) is 0. The van der Waals surface area contributed by atoms with E-state index in [0.29, 0.717) is 0 Å². The van der Waals surface area contributed by atoms with Gasteiger partial charge in [0.2, 0.25) is 0 Å². The Bertz CT molecular complexity index is 2890. The molecule has 0 atom stereocenters. The van der Waals surface area contributed by atoms with Gasteiger partial charge in [-0.3, -0.25) is 0 Å². The first kappa shape index (κ1) is 31.6. The lowest BCUT2D eigenvalue weighted by molar-refractivity contribution is 1.18. The maximum Gasteiger partial charge on any atom is 0.0541 e. The van der Waals surface area contributed by atoms with E-state index in [0.717, 1.165) is 22.7 Å². The van der Waals surface area contributed by atoms with Crippen molar-refractivity contribution < 1.29 is 0 Å². The third-order valence-electron chi connectivity index (χ3n) is 10.6. The fourth-order valence-corrected chi connectivity index (χ4v) is 8.02. The Hall–Kier alpha value is -7.16. The van der Waals surface area contributed by atoms with Gasteiger partial charge in [-0.25, -0.2) is 0 Å². The molecule has 0 fully saturated rings. The number of anilines is 3. The highest BCUT2D eigenvalue weighted by molar-refractivity contribution is 6.13. The summed E-state index contributed by atoms with van der Waals surface area (Å²) in [6.45, 7) is 0. The first-order chi connectivity index (χ1) is 26.8. The summed E-state index contributed by atoms with van der Waals surface area (Å²) in [6.07, 6.45) is 0. The predicted molar refractivity (Wildman–Crippen MR) is 229 cm³/mol. The summed E-state index contributed by atoms with van der Waals surface area (Å²) in [6, 6.07) is 78.8. The third kappa shape index (κ3) is 5.53. The summed E-state index contributed by atoms with van der Waals surface area (Å²) in [5, 5.41) is 4.89. The first-order valence-corrected chi connectivity index (χ1v) is 18.5. The van der Waals surface area contributed by atoms with Crippen LogP contribution in [0.1, 0.15) is 0 Å². The molecule has 0 N–H and O–H groups in total. The summed E-state index contributed by atoms with van der Waals surface area (Å²) in [4.78, 5) is 2.38. The molecular formula is C52H36N2. The molecule has 0 saturated carbocycles. The first-order valence-electron chi connectivity index (χ1n) is 18.5. The van der Waals surface area contributed by atoms with Gasteiger partial charge in [-0.1, -0.05) is 152 Å². The molecule has 10 aromatic rings. The third-order valence-corrected chi connectivity index (χ3v) is 10.6. The number of rotatable bonds is 7. The van der Waals surface area contributed by atoms with Crippen LogP contribution in [0.4, 0.5) is 17.1 Å². The van der Waals surface area contributed by atoms with Crippen LogP contribution in [0.2, 0.25) is 0 Å². The molecule has 9 aromatic carbocycles. The average Bonchev–Trinajstić information content (AvgIpc) is 3.58. The quantitative estimate of drug-likeness (QED) is 0.162. The molecule has 54 heavy (non-hydrogen) atoms. The van der Waals surface area contributed by atoms with Gasteiger partial charge in [-0.05, 0) is 105 Å². The van der Waals surface area contributed by atoms with E-state index in [1.807, 2.05) is 0 Å². The Morgan fingerprint density at radius 1 is 0.296 bits per heavy atom. The molecule has 0 aliphatic heterocycles. The van der Waals surface area contributed by atoms with Crippen molar-refractivity contribution in [2.45, 2.75) is 0 Å². The molecule has 0 radical (unpaired) electrons. The lowest BCUT2D eigenvalue weighted by Gasteiger charge is -2.27. The fraction of sp³-hybridized carbons (Fsp3) is 0. The van der Waals surface area contributed by atoms with Crippen LogP contribution >= 0.6 is 0 Å². The molecule has 0 spiro atoms. The number of aromatic nitrogens is 1. The van der Waals surface area contributed by atoms with Crippen molar-refractivity contribution in [1.29, 1.82) is 0 Å². The van der Waals surface area contributed by atoms with Crippen molar-refractivity contribution in [1.82, 2.24) is 4.57 Å². The number of nitrogens with zero attached hydrogens (tertiary/aromatic N) is 2. The number of hydrogen-bond acceptors (Lipinski definition) is 1. The minimum atomic E-state index is 1.11. The molecule has 2 heteroatoms. The largest absolute Gasteiger partial charge is 0.310 e. The molecule has 0 unspecified atom stereocenters. The van der Waals surface area contributed by atoms with Crippen LogP contribution in [0, 0.1) is 0 Å². The van der Waals surface area contributed by atoms with Gasteiger partial charge in [-0.2, -0.15) is 0 Å². The number of para-hydroxylation sites is 2. The Morgan fingerprint density at radius 2 is 0.759 bits per heavy atom. The van der Waals surface area contributed by atoms with Gasteiger partial charge in [0.05, 0.1) is 16.7 Å². The summed E-state index contributed by atoms with van der Waals surface area (Å²) < 4.78 is 2.39. The second-order valence-corrected chi connectivity index (χ2v) is 13.8. The molecule has 10 rings (SSSR count). The van der Waals surface area contributed by atoms with Crippen LogP contribution in [0.15, 0.2) is 218 Å². The van der Waals surface area contributed by atoms with Crippen molar-refractivity contribution in [2.75, 3.05) is 4.90 Å². The average molecular weight is 689 g/mol. The molecule has 254 valence electrons. The van der Waals surface area contributed by atoms with Crippen LogP contribution in [-0.2, 0) is 0 Å². The topological polar surface area (TPSA) is 8.17 Å².